The topological polar surface area (TPSA) is 81.2 Å². The number of fused-ring (bicyclic) bond motifs is 2. The lowest BCUT2D eigenvalue weighted by molar-refractivity contribution is -0.143. The number of anilines is 1. The summed E-state index contributed by atoms with van der Waals surface area (Å²) in [4.78, 5) is 48.5. The highest BCUT2D eigenvalue weighted by Gasteiger charge is 2.70. The SMILES string of the molecule is O=C1[C@@H]2[C@H](C=CCN1Cc1ccccc1)S[C@]13C=CCN(c4ccc(Cl)cc4)C(=O)C1N(CCCCCCO)C(=O)[C@H]23. The van der Waals surface area contributed by atoms with Gasteiger partial charge < -0.3 is 19.8 Å². The van der Waals surface area contributed by atoms with E-state index in [1.54, 1.807) is 33.7 Å². The number of aliphatic hydroxyl groups is 1. The van der Waals surface area contributed by atoms with E-state index in [0.29, 0.717) is 37.6 Å². The highest BCUT2D eigenvalue weighted by atomic mass is 35.5. The second-order valence-electron chi connectivity index (χ2n) is 11.5. The van der Waals surface area contributed by atoms with Crippen LogP contribution in [-0.4, -0.2) is 74.9 Å². The van der Waals surface area contributed by atoms with E-state index >= 15 is 0 Å². The highest BCUT2D eigenvalue weighted by molar-refractivity contribution is 8.02. The Labute approximate surface area is 256 Å². The van der Waals surface area contributed by atoms with Gasteiger partial charge in [0.1, 0.15) is 6.04 Å². The Hall–Kier alpha value is -3.07. The normalized spacial score (nSPS) is 28.5. The van der Waals surface area contributed by atoms with Crippen molar-refractivity contribution in [2.24, 2.45) is 11.8 Å². The monoisotopic (exact) mass is 605 g/mol. The standard InChI is InChI=1S/C33H36ClN3O4S/c34-24-13-15-25(16-14-24)36-20-9-17-33-28(31(40)37(29(33)32(36)41)19-6-1-2-7-21-38)27-26(42-33)12-8-18-35(30(27)39)22-23-10-4-3-5-11-23/h3-5,8-17,26-29,38H,1-2,6-7,18-22H2/t26-,27+,28-,29?,33-/m0/s1. The lowest BCUT2D eigenvalue weighted by Gasteiger charge is -2.35. The van der Waals surface area contributed by atoms with Crippen LogP contribution in [0.2, 0.25) is 5.02 Å². The van der Waals surface area contributed by atoms with E-state index in [-0.39, 0.29) is 29.6 Å². The minimum atomic E-state index is -0.842. The molecule has 2 aromatic carbocycles. The van der Waals surface area contributed by atoms with Crippen LogP contribution in [0.15, 0.2) is 78.9 Å². The number of rotatable bonds is 9. The number of aliphatic hydroxyl groups excluding tert-OH is 1. The number of hydrogen-bond donors (Lipinski definition) is 1. The van der Waals surface area contributed by atoms with E-state index in [1.165, 1.54) is 0 Å². The van der Waals surface area contributed by atoms with Gasteiger partial charge in [-0.15, -0.1) is 11.8 Å². The zero-order valence-electron chi connectivity index (χ0n) is 23.5. The van der Waals surface area contributed by atoms with E-state index in [1.807, 2.05) is 59.5 Å². The van der Waals surface area contributed by atoms with Crippen LogP contribution in [0.25, 0.3) is 0 Å². The van der Waals surface area contributed by atoms with Gasteiger partial charge in [0.2, 0.25) is 11.8 Å². The molecule has 7 nitrogen and oxygen atoms in total. The van der Waals surface area contributed by atoms with Crippen molar-refractivity contribution in [1.82, 2.24) is 9.80 Å². The maximum atomic E-state index is 14.5. The molecule has 0 saturated carbocycles. The van der Waals surface area contributed by atoms with E-state index in [2.05, 4.69) is 12.2 Å². The summed E-state index contributed by atoms with van der Waals surface area (Å²) in [5.41, 5.74) is 1.77. The van der Waals surface area contributed by atoms with Gasteiger partial charge in [-0.1, -0.05) is 79.1 Å². The van der Waals surface area contributed by atoms with Gasteiger partial charge >= 0.3 is 0 Å². The van der Waals surface area contributed by atoms with Crippen LogP contribution in [-0.2, 0) is 20.9 Å². The lowest BCUT2D eigenvalue weighted by Crippen LogP contribution is -2.53. The zero-order chi connectivity index (χ0) is 29.3. The van der Waals surface area contributed by atoms with Gasteiger partial charge in [-0.3, -0.25) is 14.4 Å². The van der Waals surface area contributed by atoms with E-state index in [4.69, 9.17) is 11.6 Å². The number of amides is 3. The molecule has 4 aliphatic rings. The Bertz CT molecular complexity index is 1380. The molecule has 5 atom stereocenters. The first kappa shape index (κ1) is 29.0. The number of halogens is 1. The number of likely N-dealkylation sites (tertiary alicyclic amines) is 1. The number of thioether (sulfide) groups is 1. The van der Waals surface area contributed by atoms with Crippen LogP contribution < -0.4 is 4.90 Å². The van der Waals surface area contributed by atoms with Gasteiger partial charge in [-0.2, -0.15) is 0 Å². The van der Waals surface area contributed by atoms with Crippen molar-refractivity contribution in [2.45, 2.75) is 48.3 Å². The molecule has 2 fully saturated rings. The van der Waals surface area contributed by atoms with Gasteiger partial charge in [-0.25, -0.2) is 0 Å². The minimum Gasteiger partial charge on any atom is -0.396 e. The number of carbonyl (C=O) groups is 3. The second-order valence-corrected chi connectivity index (χ2v) is 13.4. The predicted molar refractivity (Wildman–Crippen MR) is 166 cm³/mol. The van der Waals surface area contributed by atoms with Crippen molar-refractivity contribution in [2.75, 3.05) is 31.1 Å². The molecule has 0 aromatic heterocycles. The molecule has 3 amide bonds. The average molecular weight is 606 g/mol. The second kappa shape index (κ2) is 12.3. The molecule has 0 radical (unpaired) electrons. The number of benzene rings is 2. The highest BCUT2D eigenvalue weighted by Crippen LogP contribution is 2.61. The summed E-state index contributed by atoms with van der Waals surface area (Å²) in [5.74, 6) is -1.45. The molecule has 4 heterocycles. The van der Waals surface area contributed by atoms with Crippen molar-refractivity contribution in [3.05, 3.63) is 89.5 Å². The first-order chi connectivity index (χ1) is 20.4. The molecule has 2 aromatic rings. The van der Waals surface area contributed by atoms with Crippen LogP contribution >= 0.6 is 23.4 Å². The van der Waals surface area contributed by atoms with E-state index in [0.717, 1.165) is 30.5 Å². The fourth-order valence-electron chi connectivity index (χ4n) is 6.98. The molecular formula is C33H36ClN3O4S. The summed E-state index contributed by atoms with van der Waals surface area (Å²) >= 11 is 7.75. The fraction of sp³-hybridized carbons (Fsp3) is 0.424. The molecule has 1 spiro atoms. The molecule has 6 rings (SSSR count). The molecule has 42 heavy (non-hydrogen) atoms. The molecule has 0 bridgehead atoms. The van der Waals surface area contributed by atoms with Crippen molar-refractivity contribution >= 4 is 46.8 Å². The summed E-state index contributed by atoms with van der Waals surface area (Å²) < 4.78 is -0.842. The largest absolute Gasteiger partial charge is 0.396 e. The van der Waals surface area contributed by atoms with Crippen molar-refractivity contribution in [1.29, 1.82) is 0 Å². The van der Waals surface area contributed by atoms with Gasteiger partial charge in [0.05, 0.1) is 16.6 Å². The maximum absolute atomic E-state index is 14.5. The van der Waals surface area contributed by atoms with E-state index in [9.17, 15) is 19.5 Å². The Morgan fingerprint density at radius 1 is 0.881 bits per heavy atom. The van der Waals surface area contributed by atoms with Gasteiger partial charge in [0, 0.05) is 48.7 Å². The summed E-state index contributed by atoms with van der Waals surface area (Å²) in [6, 6.07) is 16.4. The maximum Gasteiger partial charge on any atom is 0.251 e. The lowest BCUT2D eigenvalue weighted by atomic mass is 9.78. The van der Waals surface area contributed by atoms with Crippen LogP contribution in [0.3, 0.4) is 0 Å². The third-order valence-electron chi connectivity index (χ3n) is 8.90. The summed E-state index contributed by atoms with van der Waals surface area (Å²) in [6.45, 7) is 1.93. The summed E-state index contributed by atoms with van der Waals surface area (Å²) in [5, 5.41) is 9.59. The van der Waals surface area contributed by atoms with Gasteiger partial charge in [0.25, 0.3) is 5.91 Å². The van der Waals surface area contributed by atoms with Crippen molar-refractivity contribution in [3.8, 4) is 0 Å². The Morgan fingerprint density at radius 3 is 2.40 bits per heavy atom. The first-order valence-corrected chi connectivity index (χ1v) is 16.0. The number of unbranched alkanes of at least 4 members (excludes halogenated alkanes) is 3. The number of carbonyl (C=O) groups excluding carboxylic acids is 3. The third-order valence-corrected chi connectivity index (χ3v) is 10.9. The smallest absolute Gasteiger partial charge is 0.251 e. The summed E-state index contributed by atoms with van der Waals surface area (Å²) in [6.07, 6.45) is 11.3. The number of hydrogen-bond acceptors (Lipinski definition) is 5. The van der Waals surface area contributed by atoms with Gasteiger partial charge in [0.15, 0.2) is 0 Å². The van der Waals surface area contributed by atoms with Crippen LogP contribution in [0, 0.1) is 11.8 Å². The Morgan fingerprint density at radius 2 is 1.64 bits per heavy atom. The first-order valence-electron chi connectivity index (χ1n) is 14.8. The van der Waals surface area contributed by atoms with Crippen molar-refractivity contribution in [3.63, 3.8) is 0 Å². The minimum absolute atomic E-state index is 0.0280. The summed E-state index contributed by atoms with van der Waals surface area (Å²) in [7, 11) is 0. The molecule has 4 aliphatic heterocycles. The van der Waals surface area contributed by atoms with Gasteiger partial charge in [-0.05, 0) is 42.7 Å². The fourth-order valence-corrected chi connectivity index (χ4v) is 9.11. The van der Waals surface area contributed by atoms with Crippen LogP contribution in [0.1, 0.15) is 31.2 Å². The molecule has 1 N–H and O–H groups in total. The Balaban J connectivity index is 1.35. The number of nitrogens with zero attached hydrogens (tertiary/aromatic N) is 3. The predicted octanol–water partition coefficient (Wildman–Crippen LogP) is 4.69. The molecule has 9 heteroatoms. The molecule has 0 aliphatic carbocycles. The average Bonchev–Trinajstić information content (AvgIpc) is 3.31. The quantitative estimate of drug-likeness (QED) is 0.331. The Kier molecular flexibility index (Phi) is 8.48. The molecule has 220 valence electrons. The molecule has 2 saturated heterocycles. The molecular weight excluding hydrogens is 570 g/mol. The van der Waals surface area contributed by atoms with Crippen molar-refractivity contribution < 1.29 is 19.5 Å². The van der Waals surface area contributed by atoms with Crippen LogP contribution in [0.5, 0.6) is 0 Å². The van der Waals surface area contributed by atoms with E-state index < -0.39 is 22.6 Å². The van der Waals surface area contributed by atoms with Crippen LogP contribution in [0.4, 0.5) is 5.69 Å². The molecule has 1 unspecified atom stereocenters. The third kappa shape index (κ3) is 5.18. The zero-order valence-corrected chi connectivity index (χ0v) is 25.1.